The SMILES string of the molecule is COc1cc(C)c(C(O)C(O)C(C)(C)C)cc1C. The Morgan fingerprint density at radius 1 is 1.06 bits per heavy atom. The highest BCUT2D eigenvalue weighted by Crippen LogP contribution is 2.33. The van der Waals surface area contributed by atoms with Crippen LogP contribution in [0.2, 0.25) is 0 Å². The van der Waals surface area contributed by atoms with Gasteiger partial charge in [0.05, 0.1) is 13.2 Å². The highest BCUT2D eigenvalue weighted by atomic mass is 16.5. The van der Waals surface area contributed by atoms with E-state index < -0.39 is 12.2 Å². The van der Waals surface area contributed by atoms with Gasteiger partial charge in [-0.15, -0.1) is 0 Å². The van der Waals surface area contributed by atoms with E-state index >= 15 is 0 Å². The summed E-state index contributed by atoms with van der Waals surface area (Å²) < 4.78 is 5.24. The summed E-state index contributed by atoms with van der Waals surface area (Å²) in [4.78, 5) is 0. The molecule has 3 nitrogen and oxygen atoms in total. The van der Waals surface area contributed by atoms with E-state index in [1.807, 2.05) is 46.8 Å². The molecule has 0 heterocycles. The molecule has 0 aliphatic rings. The molecule has 3 heteroatoms. The number of hydrogen-bond donors (Lipinski definition) is 2. The molecule has 1 aromatic carbocycles. The topological polar surface area (TPSA) is 49.7 Å². The molecule has 102 valence electrons. The Morgan fingerprint density at radius 2 is 1.61 bits per heavy atom. The number of ether oxygens (including phenoxy) is 1. The zero-order valence-electron chi connectivity index (χ0n) is 12.1. The third-order valence-electron chi connectivity index (χ3n) is 3.29. The second kappa shape index (κ2) is 5.29. The number of benzene rings is 1. The minimum absolute atomic E-state index is 0.361. The molecule has 18 heavy (non-hydrogen) atoms. The minimum atomic E-state index is -0.880. The summed E-state index contributed by atoms with van der Waals surface area (Å²) in [6.07, 6.45) is -1.68. The van der Waals surface area contributed by atoms with Crippen molar-refractivity contribution in [3.8, 4) is 5.75 Å². The van der Waals surface area contributed by atoms with Gasteiger partial charge in [-0.3, -0.25) is 0 Å². The van der Waals surface area contributed by atoms with Crippen LogP contribution in [0.3, 0.4) is 0 Å². The van der Waals surface area contributed by atoms with Gasteiger partial charge < -0.3 is 14.9 Å². The van der Waals surface area contributed by atoms with E-state index in [4.69, 9.17) is 4.74 Å². The summed E-state index contributed by atoms with van der Waals surface area (Å²) in [5, 5.41) is 20.5. The van der Waals surface area contributed by atoms with Crippen molar-refractivity contribution < 1.29 is 14.9 Å². The molecule has 0 aliphatic heterocycles. The van der Waals surface area contributed by atoms with Crippen LogP contribution in [0.25, 0.3) is 0 Å². The van der Waals surface area contributed by atoms with Gasteiger partial charge in [0.25, 0.3) is 0 Å². The first-order valence-electron chi connectivity index (χ1n) is 6.19. The van der Waals surface area contributed by atoms with Crippen molar-refractivity contribution in [2.75, 3.05) is 7.11 Å². The normalized spacial score (nSPS) is 15.3. The van der Waals surface area contributed by atoms with Crippen molar-refractivity contribution in [3.05, 3.63) is 28.8 Å². The Bertz CT molecular complexity index is 418. The van der Waals surface area contributed by atoms with E-state index in [0.717, 1.165) is 22.4 Å². The van der Waals surface area contributed by atoms with Crippen LogP contribution in [0, 0.1) is 19.3 Å². The minimum Gasteiger partial charge on any atom is -0.496 e. The lowest BCUT2D eigenvalue weighted by Crippen LogP contribution is -2.32. The van der Waals surface area contributed by atoms with Crippen LogP contribution in [-0.2, 0) is 0 Å². The van der Waals surface area contributed by atoms with Crippen LogP contribution in [0.5, 0.6) is 5.75 Å². The molecule has 0 aromatic heterocycles. The first kappa shape index (κ1) is 15.0. The van der Waals surface area contributed by atoms with Gasteiger partial charge in [-0.1, -0.05) is 20.8 Å². The lowest BCUT2D eigenvalue weighted by Gasteiger charge is -2.31. The maximum absolute atomic E-state index is 10.3. The van der Waals surface area contributed by atoms with Gasteiger partial charge in [0, 0.05) is 0 Å². The lowest BCUT2D eigenvalue weighted by atomic mass is 9.82. The molecule has 0 spiro atoms. The Balaban J connectivity index is 3.14. The maximum atomic E-state index is 10.3. The summed E-state index contributed by atoms with van der Waals surface area (Å²) in [5.74, 6) is 0.800. The summed E-state index contributed by atoms with van der Waals surface area (Å²) in [6.45, 7) is 9.57. The van der Waals surface area contributed by atoms with Crippen LogP contribution in [0.15, 0.2) is 12.1 Å². The van der Waals surface area contributed by atoms with E-state index in [0.29, 0.717) is 0 Å². The standard InChI is InChI=1S/C15H24O3/c1-9-8-12(18-6)10(2)7-11(9)13(16)14(17)15(3,4)5/h7-8,13-14,16-17H,1-6H3. The second-order valence-corrected chi connectivity index (χ2v) is 5.93. The molecule has 2 atom stereocenters. The van der Waals surface area contributed by atoms with E-state index in [9.17, 15) is 10.2 Å². The van der Waals surface area contributed by atoms with Gasteiger partial charge >= 0.3 is 0 Å². The molecule has 0 amide bonds. The number of aryl methyl sites for hydroxylation is 2. The number of hydrogen-bond acceptors (Lipinski definition) is 3. The number of rotatable bonds is 3. The molecule has 0 fully saturated rings. The number of aliphatic hydroxyl groups is 2. The first-order valence-corrected chi connectivity index (χ1v) is 6.19. The highest BCUT2D eigenvalue weighted by Gasteiger charge is 2.31. The van der Waals surface area contributed by atoms with E-state index in [1.54, 1.807) is 7.11 Å². The molecule has 0 bridgehead atoms. The molecule has 2 unspecified atom stereocenters. The average Bonchev–Trinajstić information content (AvgIpc) is 2.28. The van der Waals surface area contributed by atoms with Gasteiger partial charge in [0.15, 0.2) is 0 Å². The van der Waals surface area contributed by atoms with Crippen LogP contribution in [0.1, 0.15) is 43.6 Å². The molecule has 0 aliphatic carbocycles. The average molecular weight is 252 g/mol. The third kappa shape index (κ3) is 3.03. The fourth-order valence-electron chi connectivity index (χ4n) is 1.99. The quantitative estimate of drug-likeness (QED) is 0.869. The predicted molar refractivity (Wildman–Crippen MR) is 72.9 cm³/mol. The van der Waals surface area contributed by atoms with Crippen molar-refractivity contribution >= 4 is 0 Å². The van der Waals surface area contributed by atoms with Crippen LogP contribution in [-0.4, -0.2) is 23.4 Å². The third-order valence-corrected chi connectivity index (χ3v) is 3.29. The van der Waals surface area contributed by atoms with Crippen molar-refractivity contribution in [1.29, 1.82) is 0 Å². The number of aliphatic hydroxyl groups excluding tert-OH is 2. The van der Waals surface area contributed by atoms with Crippen LogP contribution >= 0.6 is 0 Å². The molecule has 0 saturated heterocycles. The van der Waals surface area contributed by atoms with Crippen molar-refractivity contribution in [3.63, 3.8) is 0 Å². The van der Waals surface area contributed by atoms with Gasteiger partial charge in [0.2, 0.25) is 0 Å². The molecule has 1 rings (SSSR count). The highest BCUT2D eigenvalue weighted by molar-refractivity contribution is 5.42. The van der Waals surface area contributed by atoms with Crippen LogP contribution in [0.4, 0.5) is 0 Å². The largest absolute Gasteiger partial charge is 0.496 e. The fourth-order valence-corrected chi connectivity index (χ4v) is 1.99. The summed E-state index contributed by atoms with van der Waals surface area (Å²) in [7, 11) is 1.63. The van der Waals surface area contributed by atoms with Crippen LogP contribution < -0.4 is 4.74 Å². The fraction of sp³-hybridized carbons (Fsp3) is 0.600. The van der Waals surface area contributed by atoms with Gasteiger partial charge in [-0.2, -0.15) is 0 Å². The molecular weight excluding hydrogens is 228 g/mol. The molecule has 2 N–H and O–H groups in total. The summed E-state index contributed by atoms with van der Waals surface area (Å²) in [6, 6.07) is 3.77. The van der Waals surface area contributed by atoms with Crippen molar-refractivity contribution in [2.24, 2.45) is 5.41 Å². The summed E-state index contributed by atoms with van der Waals surface area (Å²) >= 11 is 0. The van der Waals surface area contributed by atoms with E-state index in [1.165, 1.54) is 0 Å². The van der Waals surface area contributed by atoms with Gasteiger partial charge in [-0.25, -0.2) is 0 Å². The molecule has 1 aromatic rings. The molecule has 0 radical (unpaired) electrons. The molecular formula is C15H24O3. The van der Waals surface area contributed by atoms with E-state index in [-0.39, 0.29) is 5.41 Å². The Labute approximate surface area is 109 Å². The Hall–Kier alpha value is -1.06. The summed E-state index contributed by atoms with van der Waals surface area (Å²) in [5.41, 5.74) is 2.28. The smallest absolute Gasteiger partial charge is 0.122 e. The zero-order valence-corrected chi connectivity index (χ0v) is 12.1. The van der Waals surface area contributed by atoms with Crippen molar-refractivity contribution in [1.82, 2.24) is 0 Å². The number of methoxy groups -OCH3 is 1. The van der Waals surface area contributed by atoms with Crippen molar-refractivity contribution in [2.45, 2.75) is 46.8 Å². The Morgan fingerprint density at radius 3 is 2.06 bits per heavy atom. The predicted octanol–water partition coefficient (Wildman–Crippen LogP) is 2.75. The lowest BCUT2D eigenvalue weighted by molar-refractivity contribution is -0.0461. The van der Waals surface area contributed by atoms with E-state index in [2.05, 4.69) is 0 Å². The molecule has 0 saturated carbocycles. The first-order chi connectivity index (χ1) is 8.18. The Kier molecular flexibility index (Phi) is 4.41. The van der Waals surface area contributed by atoms with Gasteiger partial charge in [-0.05, 0) is 48.1 Å². The maximum Gasteiger partial charge on any atom is 0.122 e. The monoisotopic (exact) mass is 252 g/mol. The van der Waals surface area contributed by atoms with Gasteiger partial charge in [0.1, 0.15) is 11.9 Å². The second-order valence-electron chi connectivity index (χ2n) is 5.93. The zero-order chi connectivity index (χ0) is 14.1.